The van der Waals surface area contributed by atoms with Gasteiger partial charge in [0.2, 0.25) is 11.8 Å². The van der Waals surface area contributed by atoms with Crippen molar-refractivity contribution in [1.29, 1.82) is 0 Å². The Morgan fingerprint density at radius 3 is 2.95 bits per heavy atom. The maximum absolute atomic E-state index is 12.1. The summed E-state index contributed by atoms with van der Waals surface area (Å²) < 4.78 is 0. The van der Waals surface area contributed by atoms with Crippen molar-refractivity contribution in [1.82, 2.24) is 10.2 Å². The molecule has 1 aliphatic heterocycles. The van der Waals surface area contributed by atoms with Crippen LogP contribution in [0.1, 0.15) is 31.7 Å². The molecule has 0 radical (unpaired) electrons. The second-order valence-electron chi connectivity index (χ2n) is 5.65. The quantitative estimate of drug-likeness (QED) is 0.875. The Kier molecular flexibility index (Phi) is 5.80. The first-order valence-corrected chi connectivity index (χ1v) is 7.94. The number of hydrogen-bond donors (Lipinski definition) is 2. The molecule has 1 saturated heterocycles. The minimum atomic E-state index is -0.213. The summed E-state index contributed by atoms with van der Waals surface area (Å²) in [6.07, 6.45) is 2.48. The molecule has 2 rings (SSSR count). The summed E-state index contributed by atoms with van der Waals surface area (Å²) in [6, 6.07) is 5.56. The second-order valence-corrected chi connectivity index (χ2v) is 6.09. The van der Waals surface area contributed by atoms with Crippen molar-refractivity contribution in [2.24, 2.45) is 0 Å². The van der Waals surface area contributed by atoms with E-state index in [0.717, 1.165) is 18.4 Å². The van der Waals surface area contributed by atoms with Gasteiger partial charge in [-0.15, -0.1) is 0 Å². The van der Waals surface area contributed by atoms with Gasteiger partial charge >= 0.3 is 0 Å². The maximum Gasteiger partial charge on any atom is 0.244 e. The van der Waals surface area contributed by atoms with Gasteiger partial charge in [-0.2, -0.15) is 0 Å². The van der Waals surface area contributed by atoms with Gasteiger partial charge in [0.15, 0.2) is 0 Å². The van der Waals surface area contributed by atoms with E-state index in [-0.39, 0.29) is 24.4 Å². The zero-order valence-corrected chi connectivity index (χ0v) is 13.7. The van der Waals surface area contributed by atoms with Gasteiger partial charge in [0, 0.05) is 23.2 Å². The van der Waals surface area contributed by atoms with Gasteiger partial charge < -0.3 is 10.2 Å². The third kappa shape index (κ3) is 4.45. The maximum atomic E-state index is 12.1. The largest absolute Gasteiger partial charge is 0.324 e. The number of aryl methyl sites for hydroxylation is 1. The Labute approximate surface area is 136 Å². The molecule has 1 unspecified atom stereocenters. The predicted molar refractivity (Wildman–Crippen MR) is 87.8 cm³/mol. The fourth-order valence-corrected chi connectivity index (χ4v) is 2.70. The Balaban J connectivity index is 1.90. The first-order chi connectivity index (χ1) is 10.5. The third-order valence-electron chi connectivity index (χ3n) is 3.79. The van der Waals surface area contributed by atoms with Crippen LogP contribution in [0.4, 0.5) is 5.69 Å². The number of benzene rings is 1. The molecule has 6 heteroatoms. The Hall–Kier alpha value is -1.59. The molecule has 1 aliphatic rings. The molecule has 0 spiro atoms. The van der Waals surface area contributed by atoms with Crippen LogP contribution in [-0.2, 0) is 9.59 Å². The summed E-state index contributed by atoms with van der Waals surface area (Å²) >= 11 is 5.94. The number of nitrogens with zero attached hydrogens (tertiary/aromatic N) is 1. The number of carbonyl (C=O) groups is 2. The molecular weight excluding hydrogens is 302 g/mol. The van der Waals surface area contributed by atoms with E-state index in [4.69, 9.17) is 11.6 Å². The number of rotatable bonds is 5. The van der Waals surface area contributed by atoms with Crippen LogP contribution in [0.3, 0.4) is 0 Å². The predicted octanol–water partition coefficient (Wildman–Crippen LogP) is 2.54. The lowest BCUT2D eigenvalue weighted by molar-refractivity contribution is -0.138. The van der Waals surface area contributed by atoms with Crippen LogP contribution in [-0.4, -0.2) is 36.0 Å². The van der Waals surface area contributed by atoms with Crippen molar-refractivity contribution in [2.45, 2.75) is 39.2 Å². The van der Waals surface area contributed by atoms with Crippen LogP contribution in [0.25, 0.3) is 0 Å². The van der Waals surface area contributed by atoms with Gasteiger partial charge in [-0.3, -0.25) is 14.9 Å². The molecule has 5 nitrogen and oxygen atoms in total. The molecule has 1 aromatic rings. The molecule has 22 heavy (non-hydrogen) atoms. The molecule has 1 atom stereocenters. The summed E-state index contributed by atoms with van der Waals surface area (Å²) in [5, 5.41) is 6.67. The lowest BCUT2D eigenvalue weighted by Gasteiger charge is -2.32. The smallest absolute Gasteiger partial charge is 0.244 e. The Bertz CT molecular complexity index is 562. The molecule has 2 amide bonds. The van der Waals surface area contributed by atoms with Crippen LogP contribution >= 0.6 is 11.6 Å². The highest BCUT2D eigenvalue weighted by Gasteiger charge is 2.26. The first kappa shape index (κ1) is 16.8. The van der Waals surface area contributed by atoms with Gasteiger partial charge in [-0.1, -0.05) is 31.0 Å². The highest BCUT2D eigenvalue weighted by molar-refractivity contribution is 6.31. The highest BCUT2D eigenvalue weighted by Crippen LogP contribution is 2.20. The van der Waals surface area contributed by atoms with Gasteiger partial charge in [0.1, 0.15) is 6.54 Å². The molecule has 1 aromatic carbocycles. The number of amides is 2. The zero-order chi connectivity index (χ0) is 16.1. The van der Waals surface area contributed by atoms with Crippen molar-refractivity contribution in [3.63, 3.8) is 0 Å². The molecule has 0 aliphatic carbocycles. The Morgan fingerprint density at radius 1 is 1.50 bits per heavy atom. The summed E-state index contributed by atoms with van der Waals surface area (Å²) in [5.41, 5.74) is 1.61. The molecule has 0 saturated carbocycles. The SMILES string of the molecule is CCCC1CC(=O)N(CC(=O)Nc2cc(Cl)ccc2C)CN1. The minimum absolute atomic E-state index is 0.0233. The zero-order valence-electron chi connectivity index (χ0n) is 13.0. The molecule has 0 bridgehead atoms. The summed E-state index contributed by atoms with van der Waals surface area (Å²) in [6.45, 7) is 4.47. The van der Waals surface area contributed by atoms with E-state index in [0.29, 0.717) is 23.8 Å². The van der Waals surface area contributed by atoms with E-state index in [9.17, 15) is 9.59 Å². The van der Waals surface area contributed by atoms with E-state index in [2.05, 4.69) is 17.6 Å². The van der Waals surface area contributed by atoms with E-state index in [1.54, 1.807) is 17.0 Å². The van der Waals surface area contributed by atoms with Gasteiger partial charge in [-0.25, -0.2) is 0 Å². The summed E-state index contributed by atoms with van der Waals surface area (Å²) in [7, 11) is 0. The van der Waals surface area contributed by atoms with Gasteiger partial charge in [-0.05, 0) is 31.0 Å². The van der Waals surface area contributed by atoms with E-state index >= 15 is 0 Å². The van der Waals surface area contributed by atoms with Crippen molar-refractivity contribution in [3.05, 3.63) is 28.8 Å². The van der Waals surface area contributed by atoms with Crippen molar-refractivity contribution in [2.75, 3.05) is 18.5 Å². The van der Waals surface area contributed by atoms with Crippen molar-refractivity contribution >= 4 is 29.1 Å². The van der Waals surface area contributed by atoms with E-state index < -0.39 is 0 Å². The van der Waals surface area contributed by atoms with Gasteiger partial charge in [0.05, 0.1) is 6.67 Å². The first-order valence-electron chi connectivity index (χ1n) is 7.56. The highest BCUT2D eigenvalue weighted by atomic mass is 35.5. The standard InChI is InChI=1S/C16H22ClN3O2/c1-3-4-13-8-16(22)20(10-18-13)9-15(21)19-14-7-12(17)6-5-11(14)2/h5-7,13,18H,3-4,8-10H2,1-2H3,(H,19,21). The van der Waals surface area contributed by atoms with Gasteiger partial charge in [0.25, 0.3) is 0 Å². The average Bonchev–Trinajstić information content (AvgIpc) is 2.46. The third-order valence-corrected chi connectivity index (χ3v) is 4.02. The fourth-order valence-electron chi connectivity index (χ4n) is 2.53. The summed E-state index contributed by atoms with van der Waals surface area (Å²) in [5.74, 6) is -0.190. The van der Waals surface area contributed by atoms with Crippen molar-refractivity contribution < 1.29 is 9.59 Å². The van der Waals surface area contributed by atoms with Crippen LogP contribution in [0.15, 0.2) is 18.2 Å². The normalized spacial score (nSPS) is 18.4. The molecule has 120 valence electrons. The Morgan fingerprint density at radius 2 is 2.27 bits per heavy atom. The lowest BCUT2D eigenvalue weighted by atomic mass is 10.1. The number of hydrogen-bond acceptors (Lipinski definition) is 3. The number of anilines is 1. The fraction of sp³-hybridized carbons (Fsp3) is 0.500. The van der Waals surface area contributed by atoms with Crippen LogP contribution < -0.4 is 10.6 Å². The van der Waals surface area contributed by atoms with Crippen LogP contribution in [0.2, 0.25) is 5.02 Å². The van der Waals surface area contributed by atoms with E-state index in [1.807, 2.05) is 13.0 Å². The monoisotopic (exact) mass is 323 g/mol. The topological polar surface area (TPSA) is 61.4 Å². The molecule has 1 fully saturated rings. The summed E-state index contributed by atoms with van der Waals surface area (Å²) in [4.78, 5) is 25.7. The second kappa shape index (κ2) is 7.61. The number of nitrogens with one attached hydrogen (secondary N) is 2. The van der Waals surface area contributed by atoms with Crippen molar-refractivity contribution in [3.8, 4) is 0 Å². The molecular formula is C16H22ClN3O2. The number of halogens is 1. The molecule has 1 heterocycles. The molecule has 0 aromatic heterocycles. The van der Waals surface area contributed by atoms with E-state index in [1.165, 1.54) is 0 Å². The number of carbonyl (C=O) groups excluding carboxylic acids is 2. The van der Waals surface area contributed by atoms with Crippen LogP contribution in [0.5, 0.6) is 0 Å². The van der Waals surface area contributed by atoms with Crippen LogP contribution in [0, 0.1) is 6.92 Å². The average molecular weight is 324 g/mol. The minimum Gasteiger partial charge on any atom is -0.324 e. The molecule has 2 N–H and O–H groups in total. The lowest BCUT2D eigenvalue weighted by Crippen LogP contribution is -2.52.